The van der Waals surface area contributed by atoms with E-state index in [-0.39, 0.29) is 5.70 Å². The Labute approximate surface area is 143 Å². The number of nitrogens with one attached hydrogen (secondary N) is 4. The predicted octanol–water partition coefficient (Wildman–Crippen LogP) is -0.986. The van der Waals surface area contributed by atoms with Crippen molar-refractivity contribution in [2.45, 2.75) is 33.6 Å². The van der Waals surface area contributed by atoms with Crippen LogP contribution in [0, 0.1) is 5.92 Å². The van der Waals surface area contributed by atoms with Crippen LogP contribution < -0.4 is 21.1 Å². The second-order valence-electron chi connectivity index (χ2n) is 5.85. The Hall–Kier alpha value is -1.93. The number of hydrazine groups is 1. The van der Waals surface area contributed by atoms with Gasteiger partial charge in [0.25, 0.3) is 0 Å². The Kier molecular flexibility index (Phi) is 8.42. The lowest BCUT2D eigenvalue weighted by atomic mass is 10.0. The largest absolute Gasteiger partial charge is 0.334 e. The first-order valence-corrected chi connectivity index (χ1v) is 8.63. The number of carbonyl (C=O) groups excluding carboxylic acids is 3. The summed E-state index contributed by atoms with van der Waals surface area (Å²) < 4.78 is 0. The molecule has 0 aromatic heterocycles. The summed E-state index contributed by atoms with van der Waals surface area (Å²) in [6.45, 7) is 14.0. The molecule has 1 fully saturated rings. The number of unbranched alkanes of at least 4 members (excludes halogenated alkanes) is 1. The summed E-state index contributed by atoms with van der Waals surface area (Å²) in [5.74, 6) is -2.25. The molecule has 4 N–H and O–H groups in total. The number of amides is 4. The summed E-state index contributed by atoms with van der Waals surface area (Å²) in [6.07, 6.45) is 1.55. The van der Waals surface area contributed by atoms with E-state index in [4.69, 9.17) is 0 Å². The maximum Gasteiger partial charge on any atom is 0.330 e. The van der Waals surface area contributed by atoms with Crippen LogP contribution in [0.15, 0.2) is 12.3 Å². The average molecular weight is 340 g/mol. The SMILES string of the molecule is C=C(NNCC[NH+](CC)CC)[C@H]1C(=O)NC(=O)N(CCCC)C1=O. The molecule has 1 aliphatic rings. The van der Waals surface area contributed by atoms with Gasteiger partial charge in [-0.2, -0.15) is 0 Å². The number of quaternary nitrogens is 1. The quantitative estimate of drug-likeness (QED) is 0.220. The van der Waals surface area contributed by atoms with Gasteiger partial charge in [0.15, 0.2) is 5.92 Å². The van der Waals surface area contributed by atoms with E-state index in [2.05, 4.69) is 36.6 Å². The van der Waals surface area contributed by atoms with Crippen molar-refractivity contribution in [1.29, 1.82) is 0 Å². The second kappa shape index (κ2) is 10.0. The molecule has 24 heavy (non-hydrogen) atoms. The monoisotopic (exact) mass is 340 g/mol. The predicted molar refractivity (Wildman–Crippen MR) is 90.8 cm³/mol. The first kappa shape index (κ1) is 20.1. The molecule has 0 unspecified atom stereocenters. The van der Waals surface area contributed by atoms with Gasteiger partial charge in [0.05, 0.1) is 26.2 Å². The molecule has 0 aromatic rings. The van der Waals surface area contributed by atoms with E-state index in [1.807, 2.05) is 6.92 Å². The van der Waals surface area contributed by atoms with Crippen molar-refractivity contribution in [1.82, 2.24) is 21.1 Å². The molecule has 8 nitrogen and oxygen atoms in total. The summed E-state index contributed by atoms with van der Waals surface area (Å²) in [6, 6.07) is -0.652. The van der Waals surface area contributed by atoms with Gasteiger partial charge < -0.3 is 10.3 Å². The van der Waals surface area contributed by atoms with Gasteiger partial charge in [0.2, 0.25) is 11.8 Å². The van der Waals surface area contributed by atoms with Gasteiger partial charge in [-0.05, 0) is 20.3 Å². The third-order valence-electron chi connectivity index (χ3n) is 4.19. The van der Waals surface area contributed by atoms with Crippen molar-refractivity contribution in [3.63, 3.8) is 0 Å². The fourth-order valence-electron chi connectivity index (χ4n) is 2.54. The van der Waals surface area contributed by atoms with E-state index in [9.17, 15) is 14.4 Å². The highest BCUT2D eigenvalue weighted by atomic mass is 16.2. The van der Waals surface area contributed by atoms with Gasteiger partial charge in [-0.3, -0.25) is 19.8 Å². The fraction of sp³-hybridized carbons (Fsp3) is 0.688. The standard InChI is InChI=1S/C16H29N5O3/c1-5-8-10-21-15(23)13(14(22)18-16(21)24)12(4)19-17-9-11-20(6-2)7-3/h13,17,19H,4-11H2,1-3H3,(H,18,22,24)/p+1/t13-/m0/s1. The lowest BCUT2D eigenvalue weighted by Gasteiger charge is -2.31. The molecule has 1 saturated heterocycles. The molecular weight excluding hydrogens is 310 g/mol. The molecule has 8 heteroatoms. The Morgan fingerprint density at radius 2 is 1.92 bits per heavy atom. The second-order valence-corrected chi connectivity index (χ2v) is 5.85. The number of nitrogens with zero attached hydrogens (tertiary/aromatic N) is 1. The Morgan fingerprint density at radius 3 is 2.50 bits per heavy atom. The minimum absolute atomic E-state index is 0.251. The van der Waals surface area contributed by atoms with E-state index in [1.54, 1.807) is 0 Å². The number of likely N-dealkylation sites (N-methyl/N-ethyl adjacent to an activating group) is 1. The van der Waals surface area contributed by atoms with E-state index < -0.39 is 23.8 Å². The number of barbiturate groups is 1. The molecule has 0 aromatic carbocycles. The summed E-state index contributed by atoms with van der Waals surface area (Å²) >= 11 is 0. The molecule has 1 heterocycles. The zero-order chi connectivity index (χ0) is 18.1. The molecule has 0 aliphatic carbocycles. The Morgan fingerprint density at radius 1 is 1.25 bits per heavy atom. The zero-order valence-corrected chi connectivity index (χ0v) is 14.9. The number of hydrogen-bond acceptors (Lipinski definition) is 5. The lowest BCUT2D eigenvalue weighted by molar-refractivity contribution is -0.895. The number of carbonyl (C=O) groups is 3. The van der Waals surface area contributed by atoms with Crippen LogP contribution >= 0.6 is 0 Å². The van der Waals surface area contributed by atoms with Crippen molar-refractivity contribution in [3.05, 3.63) is 12.3 Å². The molecule has 1 rings (SSSR count). The first-order valence-electron chi connectivity index (χ1n) is 8.63. The first-order chi connectivity index (χ1) is 11.5. The van der Waals surface area contributed by atoms with E-state index in [0.717, 1.165) is 31.0 Å². The third-order valence-corrected chi connectivity index (χ3v) is 4.19. The normalized spacial score (nSPS) is 18.1. The molecule has 0 spiro atoms. The molecule has 1 aliphatic heterocycles. The van der Waals surface area contributed by atoms with Crippen LogP contribution in [-0.2, 0) is 9.59 Å². The average Bonchev–Trinajstić information content (AvgIpc) is 2.54. The topological polar surface area (TPSA) is 95.0 Å². The van der Waals surface area contributed by atoms with Crippen LogP contribution in [0.5, 0.6) is 0 Å². The van der Waals surface area contributed by atoms with Crippen molar-refractivity contribution < 1.29 is 19.3 Å². The van der Waals surface area contributed by atoms with Crippen LogP contribution in [0.1, 0.15) is 33.6 Å². The fourth-order valence-corrected chi connectivity index (χ4v) is 2.54. The van der Waals surface area contributed by atoms with Crippen molar-refractivity contribution in [3.8, 4) is 0 Å². The number of rotatable bonds is 11. The summed E-state index contributed by atoms with van der Waals surface area (Å²) in [7, 11) is 0. The van der Waals surface area contributed by atoms with Crippen molar-refractivity contribution in [2.24, 2.45) is 5.92 Å². The highest BCUT2D eigenvalue weighted by molar-refractivity contribution is 6.17. The molecular formula is C16H30N5O3+. The van der Waals surface area contributed by atoms with Gasteiger partial charge >= 0.3 is 6.03 Å². The summed E-state index contributed by atoms with van der Waals surface area (Å²) in [4.78, 5) is 38.8. The summed E-state index contributed by atoms with van der Waals surface area (Å²) in [5, 5.41) is 2.22. The number of imide groups is 2. The Balaban J connectivity index is 2.56. The minimum atomic E-state index is -1.09. The Bertz CT molecular complexity index is 476. The van der Waals surface area contributed by atoms with Crippen LogP contribution in [0.4, 0.5) is 4.79 Å². The van der Waals surface area contributed by atoms with Crippen LogP contribution in [0.3, 0.4) is 0 Å². The van der Waals surface area contributed by atoms with Gasteiger partial charge in [-0.15, -0.1) is 0 Å². The lowest BCUT2D eigenvalue weighted by Crippen LogP contribution is -3.12. The molecule has 136 valence electrons. The summed E-state index contributed by atoms with van der Waals surface area (Å²) in [5.41, 5.74) is 6.07. The number of hydrogen-bond donors (Lipinski definition) is 4. The smallest absolute Gasteiger partial charge is 0.330 e. The maximum atomic E-state index is 12.4. The molecule has 1 atom stereocenters. The van der Waals surface area contributed by atoms with Crippen LogP contribution in [0.25, 0.3) is 0 Å². The van der Waals surface area contributed by atoms with Crippen LogP contribution in [-0.4, -0.2) is 55.5 Å². The minimum Gasteiger partial charge on any atom is -0.334 e. The maximum absolute atomic E-state index is 12.4. The molecule has 0 saturated carbocycles. The zero-order valence-electron chi connectivity index (χ0n) is 14.9. The highest BCUT2D eigenvalue weighted by Crippen LogP contribution is 2.16. The highest BCUT2D eigenvalue weighted by Gasteiger charge is 2.41. The number of urea groups is 1. The molecule has 4 amide bonds. The van der Waals surface area contributed by atoms with Gasteiger partial charge in [-0.1, -0.05) is 19.9 Å². The van der Waals surface area contributed by atoms with Crippen molar-refractivity contribution >= 4 is 17.8 Å². The third kappa shape index (κ3) is 5.31. The van der Waals surface area contributed by atoms with E-state index in [0.29, 0.717) is 19.5 Å². The van der Waals surface area contributed by atoms with E-state index >= 15 is 0 Å². The molecule has 0 bridgehead atoms. The van der Waals surface area contributed by atoms with E-state index in [1.165, 1.54) is 4.90 Å². The van der Waals surface area contributed by atoms with Gasteiger partial charge in [-0.25, -0.2) is 10.2 Å². The van der Waals surface area contributed by atoms with Crippen molar-refractivity contribution in [2.75, 3.05) is 32.7 Å². The van der Waals surface area contributed by atoms with Gasteiger partial charge in [0, 0.05) is 12.2 Å². The van der Waals surface area contributed by atoms with Crippen LogP contribution in [0.2, 0.25) is 0 Å². The molecule has 0 radical (unpaired) electrons. The van der Waals surface area contributed by atoms with Gasteiger partial charge in [0.1, 0.15) is 0 Å².